The number of rotatable bonds is 5. The van der Waals surface area contributed by atoms with E-state index in [-0.39, 0.29) is 17.2 Å². The van der Waals surface area contributed by atoms with E-state index in [9.17, 15) is 19.6 Å². The van der Waals surface area contributed by atoms with Gasteiger partial charge in [-0.15, -0.1) is 0 Å². The Kier molecular flexibility index (Phi) is 6.57. The van der Waals surface area contributed by atoms with Gasteiger partial charge in [0, 0.05) is 11.6 Å². The van der Waals surface area contributed by atoms with Crippen molar-refractivity contribution in [2.24, 2.45) is 5.92 Å². The van der Waals surface area contributed by atoms with Crippen LogP contribution in [0, 0.1) is 17.2 Å². The zero-order valence-electron chi connectivity index (χ0n) is 15.5. The number of nitrogens with zero attached hydrogens (tertiary/aromatic N) is 2. The second-order valence-corrected chi connectivity index (χ2v) is 7.11. The van der Waals surface area contributed by atoms with Crippen LogP contribution in [0.3, 0.4) is 0 Å². The minimum absolute atomic E-state index is 0.0935. The number of anilines is 1. The van der Waals surface area contributed by atoms with Crippen molar-refractivity contribution in [2.45, 2.75) is 6.54 Å². The molecule has 3 rings (SSSR count). The standard InChI is InChI=1S/C21H15ClN4O3S/c22-15-6-8-16(9-7-15)26-20(29)17(19(28)25-21(26)30)10-14(11-23)18(27)24-12-13-4-2-1-3-5-13/h1-10,17H,12H2,(H,24,27)(H,25,28,30)/b14-10-/t17-/m1/s1. The van der Waals surface area contributed by atoms with Crippen LogP contribution in [0.2, 0.25) is 5.02 Å². The predicted molar refractivity (Wildman–Crippen MR) is 115 cm³/mol. The van der Waals surface area contributed by atoms with Crippen LogP contribution in [0.5, 0.6) is 0 Å². The molecule has 0 bridgehead atoms. The van der Waals surface area contributed by atoms with Crippen molar-refractivity contribution in [1.82, 2.24) is 10.6 Å². The van der Waals surface area contributed by atoms with Crippen molar-refractivity contribution in [3.63, 3.8) is 0 Å². The summed E-state index contributed by atoms with van der Waals surface area (Å²) in [5.41, 5.74) is 0.900. The van der Waals surface area contributed by atoms with E-state index in [0.717, 1.165) is 16.5 Å². The number of amides is 3. The molecule has 1 aliphatic rings. The van der Waals surface area contributed by atoms with Gasteiger partial charge in [-0.05, 0) is 48.1 Å². The number of benzene rings is 2. The first-order chi connectivity index (χ1) is 14.4. The van der Waals surface area contributed by atoms with E-state index in [1.165, 1.54) is 0 Å². The number of thiocarbonyl (C=S) groups is 1. The van der Waals surface area contributed by atoms with Crippen LogP contribution < -0.4 is 15.5 Å². The topological polar surface area (TPSA) is 102 Å². The van der Waals surface area contributed by atoms with Crippen LogP contribution >= 0.6 is 23.8 Å². The van der Waals surface area contributed by atoms with Crippen LogP contribution in [0.1, 0.15) is 5.56 Å². The molecule has 1 saturated heterocycles. The zero-order chi connectivity index (χ0) is 21.7. The molecular formula is C21H15ClN4O3S. The molecule has 9 heteroatoms. The highest BCUT2D eigenvalue weighted by Crippen LogP contribution is 2.24. The number of hydrogen-bond acceptors (Lipinski definition) is 5. The van der Waals surface area contributed by atoms with Crippen molar-refractivity contribution >= 4 is 52.3 Å². The molecule has 30 heavy (non-hydrogen) atoms. The van der Waals surface area contributed by atoms with E-state index in [0.29, 0.717) is 10.7 Å². The first kappa shape index (κ1) is 21.2. The van der Waals surface area contributed by atoms with Gasteiger partial charge in [0.2, 0.25) is 11.8 Å². The molecule has 2 aromatic rings. The van der Waals surface area contributed by atoms with Crippen molar-refractivity contribution in [3.05, 3.63) is 76.8 Å². The second-order valence-electron chi connectivity index (χ2n) is 6.28. The van der Waals surface area contributed by atoms with E-state index < -0.39 is 23.6 Å². The van der Waals surface area contributed by atoms with Gasteiger partial charge in [-0.25, -0.2) is 0 Å². The normalized spacial score (nSPS) is 16.7. The molecule has 1 aliphatic heterocycles. The van der Waals surface area contributed by atoms with Crippen molar-refractivity contribution in [3.8, 4) is 6.07 Å². The summed E-state index contributed by atoms with van der Waals surface area (Å²) in [6, 6.07) is 17.2. The fraction of sp³-hybridized carbons (Fsp3) is 0.0952. The van der Waals surface area contributed by atoms with Gasteiger partial charge in [0.15, 0.2) is 5.11 Å². The lowest BCUT2D eigenvalue weighted by Gasteiger charge is -2.31. The molecule has 1 heterocycles. The molecule has 150 valence electrons. The van der Waals surface area contributed by atoms with Crippen LogP contribution in [-0.4, -0.2) is 22.8 Å². The smallest absolute Gasteiger partial charge is 0.261 e. The maximum atomic E-state index is 12.9. The highest BCUT2D eigenvalue weighted by molar-refractivity contribution is 7.80. The lowest BCUT2D eigenvalue weighted by Crippen LogP contribution is -2.57. The average molecular weight is 439 g/mol. The predicted octanol–water partition coefficient (Wildman–Crippen LogP) is 2.47. The summed E-state index contributed by atoms with van der Waals surface area (Å²) < 4.78 is 0. The summed E-state index contributed by atoms with van der Waals surface area (Å²) in [6.07, 6.45) is 1.04. The zero-order valence-corrected chi connectivity index (χ0v) is 17.0. The molecule has 0 saturated carbocycles. The van der Waals surface area contributed by atoms with E-state index in [4.69, 9.17) is 23.8 Å². The fourth-order valence-corrected chi connectivity index (χ4v) is 3.20. The molecule has 2 aromatic carbocycles. The van der Waals surface area contributed by atoms with Crippen LogP contribution in [-0.2, 0) is 20.9 Å². The van der Waals surface area contributed by atoms with E-state index in [1.54, 1.807) is 30.3 Å². The third-order valence-electron chi connectivity index (χ3n) is 4.28. The Morgan fingerprint density at radius 1 is 1.20 bits per heavy atom. The van der Waals surface area contributed by atoms with Gasteiger partial charge < -0.3 is 10.6 Å². The summed E-state index contributed by atoms with van der Waals surface area (Å²) in [6.45, 7) is 0.199. The van der Waals surface area contributed by atoms with Gasteiger partial charge in [0.05, 0.1) is 5.69 Å². The Bertz CT molecular complexity index is 1080. The highest BCUT2D eigenvalue weighted by atomic mass is 35.5. The van der Waals surface area contributed by atoms with Gasteiger partial charge in [-0.1, -0.05) is 41.9 Å². The van der Waals surface area contributed by atoms with Crippen LogP contribution in [0.4, 0.5) is 5.69 Å². The summed E-state index contributed by atoms with van der Waals surface area (Å²) >= 11 is 11.0. The number of nitriles is 1. The summed E-state index contributed by atoms with van der Waals surface area (Å²) in [5, 5.41) is 14.8. The van der Waals surface area contributed by atoms with Gasteiger partial charge in [0.1, 0.15) is 17.6 Å². The Labute approximate surface area is 182 Å². The molecule has 1 atom stereocenters. The maximum absolute atomic E-state index is 12.9. The average Bonchev–Trinajstić information content (AvgIpc) is 2.74. The Morgan fingerprint density at radius 2 is 1.87 bits per heavy atom. The number of carbonyl (C=O) groups excluding carboxylic acids is 3. The van der Waals surface area contributed by atoms with E-state index in [1.807, 2.05) is 30.3 Å². The Morgan fingerprint density at radius 3 is 2.50 bits per heavy atom. The third kappa shape index (κ3) is 4.71. The second kappa shape index (κ2) is 9.31. The molecule has 1 fully saturated rings. The molecule has 0 unspecified atom stereocenters. The van der Waals surface area contributed by atoms with Crippen molar-refractivity contribution in [1.29, 1.82) is 5.26 Å². The lowest BCUT2D eigenvalue weighted by atomic mass is 10.0. The number of hydrogen-bond donors (Lipinski definition) is 2. The number of carbonyl (C=O) groups is 3. The molecule has 3 amide bonds. The number of nitrogens with one attached hydrogen (secondary N) is 2. The SMILES string of the molecule is N#C/C(=C/[C@@H]1C(=O)NC(=S)N(c2ccc(Cl)cc2)C1=O)C(=O)NCc1ccccc1. The van der Waals surface area contributed by atoms with Crippen LogP contribution in [0.15, 0.2) is 66.2 Å². The van der Waals surface area contributed by atoms with E-state index >= 15 is 0 Å². The first-order valence-corrected chi connectivity index (χ1v) is 9.57. The van der Waals surface area contributed by atoms with Crippen LogP contribution in [0.25, 0.3) is 0 Å². The molecule has 0 spiro atoms. The quantitative estimate of drug-likeness (QED) is 0.323. The fourth-order valence-electron chi connectivity index (χ4n) is 2.78. The maximum Gasteiger partial charge on any atom is 0.261 e. The monoisotopic (exact) mass is 438 g/mol. The third-order valence-corrected chi connectivity index (χ3v) is 4.82. The Hall–Kier alpha value is -3.54. The summed E-state index contributed by atoms with van der Waals surface area (Å²) in [5.74, 6) is -3.45. The van der Waals surface area contributed by atoms with Gasteiger partial charge in [0.25, 0.3) is 5.91 Å². The first-order valence-electron chi connectivity index (χ1n) is 8.79. The van der Waals surface area contributed by atoms with Gasteiger partial charge in [-0.2, -0.15) is 5.26 Å². The highest BCUT2D eigenvalue weighted by Gasteiger charge is 2.38. The summed E-state index contributed by atoms with van der Waals surface area (Å²) in [7, 11) is 0. The number of halogens is 1. The van der Waals surface area contributed by atoms with Gasteiger partial charge in [-0.3, -0.25) is 19.3 Å². The minimum Gasteiger partial charge on any atom is -0.347 e. The molecule has 0 aliphatic carbocycles. The lowest BCUT2D eigenvalue weighted by molar-refractivity contribution is -0.131. The molecular weight excluding hydrogens is 424 g/mol. The van der Waals surface area contributed by atoms with Gasteiger partial charge >= 0.3 is 0 Å². The van der Waals surface area contributed by atoms with Crippen molar-refractivity contribution in [2.75, 3.05) is 4.90 Å². The molecule has 7 nitrogen and oxygen atoms in total. The molecule has 0 radical (unpaired) electrons. The minimum atomic E-state index is -1.38. The largest absolute Gasteiger partial charge is 0.347 e. The Balaban J connectivity index is 1.81. The van der Waals surface area contributed by atoms with Crippen molar-refractivity contribution < 1.29 is 14.4 Å². The molecule has 2 N–H and O–H groups in total. The summed E-state index contributed by atoms with van der Waals surface area (Å²) in [4.78, 5) is 38.8. The molecule has 0 aromatic heterocycles. The van der Waals surface area contributed by atoms with E-state index in [2.05, 4.69) is 10.6 Å².